The van der Waals surface area contributed by atoms with Crippen molar-refractivity contribution >= 4 is 10.0 Å². The minimum atomic E-state index is -4.43. The fraction of sp³-hybridized carbons (Fsp3) is 0.500. The highest BCUT2D eigenvalue weighted by molar-refractivity contribution is 7.90. The van der Waals surface area contributed by atoms with E-state index in [-0.39, 0.29) is 13.1 Å². The third kappa shape index (κ3) is 2.97. The van der Waals surface area contributed by atoms with E-state index in [4.69, 9.17) is 5.73 Å². The number of sulfonamides is 1. The van der Waals surface area contributed by atoms with Crippen LogP contribution in [0.15, 0.2) is 24.3 Å². The van der Waals surface area contributed by atoms with Gasteiger partial charge in [-0.25, -0.2) is 8.42 Å². The summed E-state index contributed by atoms with van der Waals surface area (Å²) in [5.41, 5.74) is 4.94. The predicted molar refractivity (Wildman–Crippen MR) is 68.2 cm³/mol. The van der Waals surface area contributed by atoms with Crippen LogP contribution in [0.3, 0.4) is 0 Å². The van der Waals surface area contributed by atoms with Crippen LogP contribution in [0, 0.1) is 0 Å². The lowest BCUT2D eigenvalue weighted by Crippen LogP contribution is -2.32. The van der Waals surface area contributed by atoms with Gasteiger partial charge in [0.2, 0.25) is 10.0 Å². The third-order valence-electron chi connectivity index (χ3n) is 3.36. The molecule has 1 aromatic carbocycles. The van der Waals surface area contributed by atoms with E-state index < -0.39 is 27.0 Å². The Morgan fingerprint density at radius 2 is 2.05 bits per heavy atom. The molecule has 8 heteroatoms. The van der Waals surface area contributed by atoms with E-state index in [0.29, 0.717) is 18.5 Å². The highest BCUT2D eigenvalue weighted by Crippen LogP contribution is 2.30. The molecular formula is C12H15F3N2O2S. The molecule has 0 spiro atoms. The molecule has 1 fully saturated rings. The molecule has 0 amide bonds. The third-order valence-corrected chi connectivity index (χ3v) is 5.66. The molecule has 20 heavy (non-hydrogen) atoms. The van der Waals surface area contributed by atoms with Gasteiger partial charge in [0.25, 0.3) is 0 Å². The van der Waals surface area contributed by atoms with Crippen LogP contribution < -0.4 is 5.73 Å². The molecule has 0 bridgehead atoms. The van der Waals surface area contributed by atoms with Crippen LogP contribution in [0.25, 0.3) is 0 Å². The summed E-state index contributed by atoms with van der Waals surface area (Å²) in [6.45, 7) is 0.268. The number of benzene rings is 1. The monoisotopic (exact) mass is 308 g/mol. The Kier molecular flexibility index (Phi) is 4.08. The molecule has 0 saturated carbocycles. The molecule has 0 aliphatic carbocycles. The molecule has 1 heterocycles. The van der Waals surface area contributed by atoms with Gasteiger partial charge in [0.05, 0.1) is 10.8 Å². The van der Waals surface area contributed by atoms with Gasteiger partial charge in [-0.15, -0.1) is 0 Å². The Hall–Kier alpha value is -1.12. The van der Waals surface area contributed by atoms with Gasteiger partial charge in [0, 0.05) is 19.6 Å². The lowest BCUT2D eigenvalue weighted by atomic mass is 10.1. The second-order valence-corrected chi connectivity index (χ2v) is 6.94. The highest BCUT2D eigenvalue weighted by atomic mass is 32.2. The largest absolute Gasteiger partial charge is 0.416 e. The summed E-state index contributed by atoms with van der Waals surface area (Å²) in [6, 6.07) is 4.71. The van der Waals surface area contributed by atoms with Crippen molar-refractivity contribution in [2.45, 2.75) is 24.4 Å². The Labute approximate surface area is 115 Å². The summed E-state index contributed by atoms with van der Waals surface area (Å²) in [4.78, 5) is 0. The second-order valence-electron chi connectivity index (χ2n) is 4.72. The van der Waals surface area contributed by atoms with Gasteiger partial charge in [-0.1, -0.05) is 18.2 Å². The number of rotatable bonds is 3. The van der Waals surface area contributed by atoms with E-state index in [0.717, 1.165) is 12.1 Å². The summed E-state index contributed by atoms with van der Waals surface area (Å²) >= 11 is 0. The summed E-state index contributed by atoms with van der Waals surface area (Å²) < 4.78 is 63.1. The van der Waals surface area contributed by atoms with Crippen molar-refractivity contribution < 1.29 is 21.6 Å². The first kappa shape index (κ1) is 15.3. The van der Waals surface area contributed by atoms with Gasteiger partial charge in [0.15, 0.2) is 0 Å². The van der Waals surface area contributed by atoms with E-state index in [1.165, 1.54) is 16.4 Å². The van der Waals surface area contributed by atoms with E-state index in [1.54, 1.807) is 0 Å². The first-order chi connectivity index (χ1) is 9.25. The number of nitrogens with zero attached hydrogens (tertiary/aromatic N) is 1. The van der Waals surface area contributed by atoms with Crippen molar-refractivity contribution in [3.63, 3.8) is 0 Å². The standard InChI is InChI=1S/C12H15F3N2O2S/c13-12(14,15)10-3-1-2-9(6-10)8-17-5-4-11(7-16)20(17,18)19/h1-3,6,11H,4-5,7-8,16H2/t11-/m0/s1. The quantitative estimate of drug-likeness (QED) is 0.922. The maximum atomic E-state index is 12.6. The number of hydrogen-bond donors (Lipinski definition) is 1. The Bertz CT molecular complexity index is 587. The van der Waals surface area contributed by atoms with Crippen molar-refractivity contribution in [1.29, 1.82) is 0 Å². The summed E-state index contributed by atoms with van der Waals surface area (Å²) in [7, 11) is -3.50. The number of nitrogens with two attached hydrogens (primary N) is 1. The van der Waals surface area contributed by atoms with Crippen LogP contribution in [0.4, 0.5) is 13.2 Å². The van der Waals surface area contributed by atoms with E-state index in [2.05, 4.69) is 0 Å². The lowest BCUT2D eigenvalue weighted by Gasteiger charge is -2.17. The number of halogens is 3. The van der Waals surface area contributed by atoms with Gasteiger partial charge >= 0.3 is 6.18 Å². The van der Waals surface area contributed by atoms with Crippen molar-refractivity contribution in [2.24, 2.45) is 5.73 Å². The van der Waals surface area contributed by atoms with E-state index in [1.807, 2.05) is 0 Å². The fourth-order valence-electron chi connectivity index (χ4n) is 2.23. The van der Waals surface area contributed by atoms with Gasteiger partial charge in [0.1, 0.15) is 0 Å². The molecule has 2 N–H and O–H groups in total. The van der Waals surface area contributed by atoms with Crippen LogP contribution in [-0.4, -0.2) is 31.1 Å². The molecule has 2 rings (SSSR count). The molecule has 4 nitrogen and oxygen atoms in total. The Morgan fingerprint density at radius 1 is 1.35 bits per heavy atom. The first-order valence-corrected chi connectivity index (χ1v) is 7.60. The summed E-state index contributed by atoms with van der Waals surface area (Å²) in [5, 5.41) is -0.631. The maximum absolute atomic E-state index is 12.6. The summed E-state index contributed by atoms with van der Waals surface area (Å²) in [5.74, 6) is 0. The molecule has 1 atom stereocenters. The zero-order chi connectivity index (χ0) is 15.0. The van der Waals surface area contributed by atoms with Crippen LogP contribution >= 0.6 is 0 Å². The molecule has 1 aliphatic rings. The molecule has 112 valence electrons. The van der Waals surface area contributed by atoms with Crippen LogP contribution in [0.1, 0.15) is 17.5 Å². The Morgan fingerprint density at radius 3 is 2.60 bits per heavy atom. The minimum absolute atomic E-state index is 0.0292. The maximum Gasteiger partial charge on any atom is 0.416 e. The van der Waals surface area contributed by atoms with Crippen molar-refractivity contribution in [1.82, 2.24) is 4.31 Å². The van der Waals surface area contributed by atoms with Crippen LogP contribution in [-0.2, 0) is 22.7 Å². The lowest BCUT2D eigenvalue weighted by molar-refractivity contribution is -0.137. The zero-order valence-electron chi connectivity index (χ0n) is 10.6. The minimum Gasteiger partial charge on any atom is -0.329 e. The normalized spacial score (nSPS) is 23.1. The zero-order valence-corrected chi connectivity index (χ0v) is 11.4. The first-order valence-electron chi connectivity index (χ1n) is 6.10. The summed E-state index contributed by atoms with van der Waals surface area (Å²) in [6.07, 6.45) is -4.02. The highest BCUT2D eigenvalue weighted by Gasteiger charge is 2.38. The van der Waals surface area contributed by atoms with E-state index >= 15 is 0 Å². The van der Waals surface area contributed by atoms with E-state index in [9.17, 15) is 21.6 Å². The van der Waals surface area contributed by atoms with Crippen LogP contribution in [0.2, 0.25) is 0 Å². The second kappa shape index (κ2) is 5.34. The van der Waals surface area contributed by atoms with Crippen molar-refractivity contribution in [2.75, 3.05) is 13.1 Å². The molecule has 0 radical (unpaired) electrons. The molecule has 0 unspecified atom stereocenters. The van der Waals surface area contributed by atoms with Crippen molar-refractivity contribution in [3.8, 4) is 0 Å². The molecular weight excluding hydrogens is 293 g/mol. The fourth-order valence-corrected chi connectivity index (χ4v) is 3.99. The smallest absolute Gasteiger partial charge is 0.329 e. The topological polar surface area (TPSA) is 63.4 Å². The van der Waals surface area contributed by atoms with Gasteiger partial charge in [-0.2, -0.15) is 17.5 Å². The average Bonchev–Trinajstić information content (AvgIpc) is 2.64. The van der Waals surface area contributed by atoms with Gasteiger partial charge in [-0.3, -0.25) is 0 Å². The molecule has 0 aromatic heterocycles. The molecule has 1 aliphatic heterocycles. The number of hydrogen-bond acceptors (Lipinski definition) is 3. The SMILES string of the molecule is NC[C@@H]1CCN(Cc2cccc(C(F)(F)F)c2)S1(=O)=O. The molecule has 1 saturated heterocycles. The average molecular weight is 308 g/mol. The Balaban J connectivity index is 2.20. The van der Waals surface area contributed by atoms with Gasteiger partial charge < -0.3 is 5.73 Å². The predicted octanol–water partition coefficient (Wildman–Crippen LogP) is 1.57. The number of alkyl halides is 3. The molecule has 1 aromatic rings. The van der Waals surface area contributed by atoms with Crippen LogP contribution in [0.5, 0.6) is 0 Å². The van der Waals surface area contributed by atoms with Crippen molar-refractivity contribution in [3.05, 3.63) is 35.4 Å². The van der Waals surface area contributed by atoms with Gasteiger partial charge in [-0.05, 0) is 18.1 Å².